The fourth-order valence-electron chi connectivity index (χ4n) is 0.764. The molecule has 0 bridgehead atoms. The molecule has 0 aromatic carbocycles. The van der Waals surface area contributed by atoms with Crippen LogP contribution in [-0.2, 0) is 31.7 Å². The second-order valence-corrected chi connectivity index (χ2v) is 7.60. The topological polar surface area (TPSA) is 112 Å². The standard InChI is InChI=1S/3C5H7IO2.Cr/c3*1-3(7)5(6)4(2)8;/h3*7H,1-2H3;/b3*5-3+;. The van der Waals surface area contributed by atoms with E-state index in [1.54, 1.807) is 67.8 Å². The van der Waals surface area contributed by atoms with Gasteiger partial charge in [-0.05, 0) is 109 Å². The molecule has 25 heavy (non-hydrogen) atoms. The molecule has 0 aliphatic heterocycles. The van der Waals surface area contributed by atoms with Gasteiger partial charge in [-0.15, -0.1) is 0 Å². The number of hydrogen-bond acceptors (Lipinski definition) is 6. The third-order valence-electron chi connectivity index (χ3n) is 1.88. The number of ketones is 3. The second-order valence-electron chi connectivity index (χ2n) is 4.37. The van der Waals surface area contributed by atoms with E-state index in [2.05, 4.69) is 0 Å². The van der Waals surface area contributed by atoms with E-state index in [1.807, 2.05) is 0 Å². The molecule has 0 radical (unpaired) electrons. The summed E-state index contributed by atoms with van der Waals surface area (Å²) in [5, 5.41) is 25.9. The molecule has 0 atom stereocenters. The van der Waals surface area contributed by atoms with Crippen LogP contribution in [0.4, 0.5) is 0 Å². The van der Waals surface area contributed by atoms with Gasteiger partial charge < -0.3 is 15.3 Å². The number of hydrogen-bond donors (Lipinski definition) is 3. The Kier molecular flexibility index (Phi) is 23.4. The van der Waals surface area contributed by atoms with Gasteiger partial charge in [0.1, 0.15) is 17.3 Å². The van der Waals surface area contributed by atoms with Gasteiger partial charge >= 0.3 is 0 Å². The quantitative estimate of drug-likeness (QED) is 0.204. The van der Waals surface area contributed by atoms with Crippen LogP contribution in [0.5, 0.6) is 0 Å². The van der Waals surface area contributed by atoms with Crippen molar-refractivity contribution in [3.8, 4) is 0 Å². The van der Waals surface area contributed by atoms with Crippen molar-refractivity contribution in [2.24, 2.45) is 0 Å². The number of allylic oxidation sites excluding steroid dienone is 6. The predicted octanol–water partition coefficient (Wildman–Crippen LogP) is 5.40. The number of aliphatic hydroxyl groups is 3. The molecule has 0 fully saturated rings. The summed E-state index contributed by atoms with van der Waals surface area (Å²) in [6, 6.07) is 0. The normalized spacial score (nSPS) is 12.4. The minimum Gasteiger partial charge on any atom is -0.511 e. The van der Waals surface area contributed by atoms with Gasteiger partial charge in [-0.1, -0.05) is 0 Å². The Bertz CT molecular complexity index is 487. The van der Waals surface area contributed by atoms with Crippen LogP contribution < -0.4 is 0 Å². The van der Waals surface area contributed by atoms with E-state index < -0.39 is 0 Å². The third-order valence-corrected chi connectivity index (χ3v) is 6.50. The monoisotopic (exact) mass is 730 g/mol. The summed E-state index contributed by atoms with van der Waals surface area (Å²) < 4.78 is 1.22. The van der Waals surface area contributed by atoms with Crippen molar-refractivity contribution in [2.75, 3.05) is 0 Å². The number of carbonyl (C=O) groups is 3. The van der Waals surface area contributed by atoms with E-state index in [1.165, 1.54) is 41.5 Å². The molecule has 0 aromatic heterocycles. The van der Waals surface area contributed by atoms with Gasteiger partial charge in [-0.3, -0.25) is 14.4 Å². The minimum absolute atomic E-state index is 0. The molecule has 0 saturated heterocycles. The second kappa shape index (κ2) is 17.8. The van der Waals surface area contributed by atoms with Crippen molar-refractivity contribution in [1.82, 2.24) is 0 Å². The molecule has 0 aromatic rings. The SMILES string of the molecule is CC(=O)/C(I)=C(/C)O.CC(=O)/C(I)=C(/C)O.CC(=O)/C(I)=C(/C)O.[Cr]. The van der Waals surface area contributed by atoms with Crippen LogP contribution in [0.2, 0.25) is 0 Å². The average Bonchev–Trinajstić information content (AvgIpc) is 2.45. The van der Waals surface area contributed by atoms with Crippen LogP contribution in [0.1, 0.15) is 41.5 Å². The Labute approximate surface area is 199 Å². The van der Waals surface area contributed by atoms with Gasteiger partial charge in [0, 0.05) is 17.4 Å². The van der Waals surface area contributed by atoms with E-state index in [-0.39, 0.29) is 52.0 Å². The zero-order chi connectivity index (χ0) is 20.2. The van der Waals surface area contributed by atoms with Crippen molar-refractivity contribution < 1.29 is 47.1 Å². The zero-order valence-electron chi connectivity index (χ0n) is 14.6. The molecule has 0 unspecified atom stereocenters. The van der Waals surface area contributed by atoms with Crippen LogP contribution in [0.15, 0.2) is 28.0 Å². The van der Waals surface area contributed by atoms with E-state index in [9.17, 15) is 14.4 Å². The molecular weight excluding hydrogens is 709 g/mol. The molecule has 0 amide bonds. The van der Waals surface area contributed by atoms with Crippen molar-refractivity contribution in [1.29, 1.82) is 0 Å². The van der Waals surface area contributed by atoms with E-state index in [4.69, 9.17) is 15.3 Å². The first kappa shape index (κ1) is 33.0. The first-order valence-corrected chi connectivity index (χ1v) is 9.59. The number of Topliss-reactive ketones (excluding diaryl/α,β-unsaturated/α-hetero) is 3. The summed E-state index contributed by atoms with van der Waals surface area (Å²) in [6.07, 6.45) is 0. The van der Waals surface area contributed by atoms with Crippen molar-refractivity contribution in [2.45, 2.75) is 41.5 Å². The minimum atomic E-state index is -0.0920. The number of halogens is 3. The van der Waals surface area contributed by atoms with Crippen LogP contribution in [0, 0.1) is 0 Å². The summed E-state index contributed by atoms with van der Waals surface area (Å²) in [4.78, 5) is 31.1. The number of carbonyl (C=O) groups excluding carboxylic acids is 3. The Hall–Kier alpha value is 0.352. The Morgan fingerprint density at radius 3 is 0.640 bits per heavy atom. The van der Waals surface area contributed by atoms with Crippen LogP contribution >= 0.6 is 67.8 Å². The van der Waals surface area contributed by atoms with Crippen molar-refractivity contribution in [3.05, 3.63) is 28.0 Å². The molecule has 144 valence electrons. The molecule has 0 aliphatic rings. The van der Waals surface area contributed by atoms with Gasteiger partial charge in [-0.2, -0.15) is 0 Å². The maximum absolute atomic E-state index is 10.4. The summed E-state index contributed by atoms with van der Waals surface area (Å²) >= 11 is 5.40. The third kappa shape index (κ3) is 20.5. The van der Waals surface area contributed by atoms with E-state index in [0.717, 1.165) is 0 Å². The Morgan fingerprint density at radius 1 is 0.520 bits per heavy atom. The van der Waals surface area contributed by atoms with Crippen molar-refractivity contribution in [3.63, 3.8) is 0 Å². The fraction of sp³-hybridized carbons (Fsp3) is 0.400. The molecule has 10 heteroatoms. The first-order chi connectivity index (χ1) is 10.7. The maximum atomic E-state index is 10.4. The summed E-state index contributed by atoms with van der Waals surface area (Å²) in [7, 11) is 0. The van der Waals surface area contributed by atoms with E-state index >= 15 is 0 Å². The van der Waals surface area contributed by atoms with Crippen molar-refractivity contribution >= 4 is 85.1 Å². The molecular formula is C15H21CrI3O6. The van der Waals surface area contributed by atoms with Gasteiger partial charge in [0.2, 0.25) is 0 Å². The Balaban J connectivity index is -0.000000130. The average molecular weight is 730 g/mol. The van der Waals surface area contributed by atoms with Crippen LogP contribution in [0.3, 0.4) is 0 Å². The smallest absolute Gasteiger partial charge is 0.169 e. The molecule has 0 spiro atoms. The molecule has 0 rings (SSSR count). The molecule has 6 nitrogen and oxygen atoms in total. The predicted molar refractivity (Wildman–Crippen MR) is 120 cm³/mol. The van der Waals surface area contributed by atoms with Crippen LogP contribution in [0.25, 0.3) is 0 Å². The summed E-state index contributed by atoms with van der Waals surface area (Å²) in [6.45, 7) is 8.72. The maximum Gasteiger partial charge on any atom is 0.169 e. The van der Waals surface area contributed by atoms with Gasteiger partial charge in [0.15, 0.2) is 17.3 Å². The molecule has 3 N–H and O–H groups in total. The fourth-order valence-corrected chi connectivity index (χ4v) is 0.764. The van der Waals surface area contributed by atoms with Gasteiger partial charge in [0.05, 0.1) is 10.7 Å². The summed E-state index contributed by atoms with van der Waals surface area (Å²) in [5.74, 6) is 0.0103. The number of rotatable bonds is 3. The molecule has 0 aliphatic carbocycles. The zero-order valence-corrected chi connectivity index (χ0v) is 22.4. The largest absolute Gasteiger partial charge is 0.511 e. The van der Waals surface area contributed by atoms with E-state index in [0.29, 0.717) is 10.7 Å². The number of aliphatic hydroxyl groups excluding tert-OH is 3. The molecule has 0 saturated carbocycles. The van der Waals surface area contributed by atoms with Gasteiger partial charge in [-0.25, -0.2) is 0 Å². The van der Waals surface area contributed by atoms with Gasteiger partial charge in [0.25, 0.3) is 0 Å². The first-order valence-electron chi connectivity index (χ1n) is 6.35. The Morgan fingerprint density at radius 2 is 0.640 bits per heavy atom. The summed E-state index contributed by atoms with van der Waals surface area (Å²) in [5.41, 5.74) is 0. The molecule has 0 heterocycles. The van der Waals surface area contributed by atoms with Crippen LogP contribution in [-0.4, -0.2) is 32.7 Å².